The summed E-state index contributed by atoms with van der Waals surface area (Å²) in [5.41, 5.74) is 6.28. The molecule has 0 atom stereocenters. The standard InChI is InChI=1S/C33H36ClN5O/c1-24(19-33(2,3)4)20-35-16-10-11-17-39-23-26(18-30(39)32(40)36-21-25-12-6-5-7-13-25)31-28(22-37-38-31)27-14-8-9-15-29(27)34/h5-9,12-15,18,22-23,35H,1,16-17,19-21H2,2-4H3,(H,36,40)(H,37,38). The quantitative estimate of drug-likeness (QED) is 0.116. The summed E-state index contributed by atoms with van der Waals surface area (Å²) in [6.45, 7) is 12.9. The Hall–Kier alpha value is -4.05. The summed E-state index contributed by atoms with van der Waals surface area (Å²) in [5.74, 6) is 6.20. The first-order valence-corrected chi connectivity index (χ1v) is 13.7. The minimum Gasteiger partial charge on any atom is -0.347 e. The third-order valence-corrected chi connectivity index (χ3v) is 6.59. The van der Waals surface area contributed by atoms with Crippen molar-refractivity contribution in [3.8, 4) is 34.2 Å². The van der Waals surface area contributed by atoms with Gasteiger partial charge in [-0.2, -0.15) is 5.10 Å². The molecule has 6 nitrogen and oxygen atoms in total. The molecule has 0 aliphatic heterocycles. The molecule has 0 unspecified atom stereocenters. The Balaban J connectivity index is 1.52. The second-order valence-corrected chi connectivity index (χ2v) is 11.4. The number of carbonyl (C=O) groups excluding carboxylic acids is 1. The highest BCUT2D eigenvalue weighted by atomic mass is 35.5. The van der Waals surface area contributed by atoms with Crippen LogP contribution in [-0.4, -0.2) is 33.8 Å². The molecule has 0 aliphatic carbocycles. The maximum Gasteiger partial charge on any atom is 0.268 e. The zero-order valence-corrected chi connectivity index (χ0v) is 24.1. The number of benzene rings is 2. The number of aromatic nitrogens is 3. The molecule has 3 N–H and O–H groups in total. The van der Waals surface area contributed by atoms with Gasteiger partial charge in [-0.25, -0.2) is 0 Å². The van der Waals surface area contributed by atoms with Crippen LogP contribution in [0.15, 0.2) is 85.2 Å². The van der Waals surface area contributed by atoms with Crippen LogP contribution in [0.4, 0.5) is 0 Å². The average molecular weight is 554 g/mol. The fourth-order valence-electron chi connectivity index (χ4n) is 4.55. The average Bonchev–Trinajstić information content (AvgIpc) is 3.56. The van der Waals surface area contributed by atoms with Gasteiger partial charge in [0.15, 0.2) is 0 Å². The van der Waals surface area contributed by atoms with E-state index in [9.17, 15) is 4.79 Å². The zero-order chi connectivity index (χ0) is 28.5. The van der Waals surface area contributed by atoms with Crippen LogP contribution in [0.2, 0.25) is 5.02 Å². The Morgan fingerprint density at radius 2 is 1.82 bits per heavy atom. The van der Waals surface area contributed by atoms with Gasteiger partial charge < -0.3 is 15.2 Å². The summed E-state index contributed by atoms with van der Waals surface area (Å²) >= 11 is 6.48. The maximum absolute atomic E-state index is 13.3. The zero-order valence-electron chi connectivity index (χ0n) is 23.4. The van der Waals surface area contributed by atoms with E-state index in [0.717, 1.165) is 46.5 Å². The van der Waals surface area contributed by atoms with Crippen molar-refractivity contribution in [1.29, 1.82) is 0 Å². The number of carbonyl (C=O) groups is 1. The van der Waals surface area contributed by atoms with Gasteiger partial charge in [-0.1, -0.05) is 105 Å². The summed E-state index contributed by atoms with van der Waals surface area (Å²) < 4.78 is 1.87. The maximum atomic E-state index is 13.3. The van der Waals surface area contributed by atoms with E-state index in [1.54, 1.807) is 6.20 Å². The molecule has 2 aromatic heterocycles. The molecule has 7 heteroatoms. The lowest BCUT2D eigenvalue weighted by molar-refractivity contribution is 0.0942. The Morgan fingerprint density at radius 3 is 2.58 bits per heavy atom. The highest BCUT2D eigenvalue weighted by Gasteiger charge is 2.19. The second kappa shape index (κ2) is 13.3. The van der Waals surface area contributed by atoms with Crippen LogP contribution in [0, 0.1) is 17.3 Å². The van der Waals surface area contributed by atoms with E-state index in [0.29, 0.717) is 30.4 Å². The van der Waals surface area contributed by atoms with E-state index in [1.165, 1.54) is 0 Å². The molecular formula is C33H36ClN5O. The SMILES string of the molecule is C=C(CNCC#CCn1cc(-c2[nH]ncc2-c2ccccc2Cl)cc1C(=O)NCc1ccccc1)CC(C)(C)C. The highest BCUT2D eigenvalue weighted by Crippen LogP contribution is 2.35. The number of amides is 1. The van der Waals surface area contributed by atoms with Crippen molar-refractivity contribution in [1.82, 2.24) is 25.4 Å². The van der Waals surface area contributed by atoms with Gasteiger partial charge in [0.1, 0.15) is 5.69 Å². The molecule has 4 rings (SSSR count). The topological polar surface area (TPSA) is 74.7 Å². The molecule has 0 saturated heterocycles. The molecule has 40 heavy (non-hydrogen) atoms. The van der Waals surface area contributed by atoms with E-state index >= 15 is 0 Å². The number of nitrogens with one attached hydrogen (secondary N) is 3. The Kier molecular flexibility index (Phi) is 9.65. The van der Waals surface area contributed by atoms with Crippen LogP contribution in [0.5, 0.6) is 0 Å². The summed E-state index contributed by atoms with van der Waals surface area (Å²) in [7, 11) is 0. The van der Waals surface area contributed by atoms with Crippen LogP contribution in [0.25, 0.3) is 22.4 Å². The Morgan fingerprint density at radius 1 is 1.07 bits per heavy atom. The third-order valence-electron chi connectivity index (χ3n) is 6.26. The fraction of sp³-hybridized carbons (Fsp3) is 0.273. The van der Waals surface area contributed by atoms with Gasteiger partial charge in [-0.3, -0.25) is 9.89 Å². The summed E-state index contributed by atoms with van der Waals surface area (Å²) in [5, 5.41) is 14.4. The molecule has 2 heterocycles. The van der Waals surface area contributed by atoms with Gasteiger partial charge in [0.25, 0.3) is 5.91 Å². The van der Waals surface area contributed by atoms with Crippen molar-refractivity contribution in [2.75, 3.05) is 13.1 Å². The third kappa shape index (κ3) is 7.98. The highest BCUT2D eigenvalue weighted by molar-refractivity contribution is 6.33. The minimum atomic E-state index is -0.174. The largest absolute Gasteiger partial charge is 0.347 e. The van der Waals surface area contributed by atoms with E-state index in [2.05, 4.69) is 60.0 Å². The summed E-state index contributed by atoms with van der Waals surface area (Å²) in [6.07, 6.45) is 4.64. The van der Waals surface area contributed by atoms with Gasteiger partial charge >= 0.3 is 0 Å². The molecule has 0 radical (unpaired) electrons. The van der Waals surface area contributed by atoms with Gasteiger partial charge in [0.2, 0.25) is 0 Å². The van der Waals surface area contributed by atoms with Crippen LogP contribution < -0.4 is 10.6 Å². The molecule has 0 aliphatic rings. The monoisotopic (exact) mass is 553 g/mol. The number of rotatable bonds is 10. The Labute approximate surface area is 241 Å². The normalized spacial score (nSPS) is 11.1. The number of H-pyrrole nitrogens is 1. The van der Waals surface area contributed by atoms with Crippen molar-refractivity contribution in [2.24, 2.45) is 5.41 Å². The molecule has 0 bridgehead atoms. The molecule has 0 fully saturated rings. The summed E-state index contributed by atoms with van der Waals surface area (Å²) in [4.78, 5) is 13.3. The van der Waals surface area contributed by atoms with E-state index in [1.807, 2.05) is 71.4 Å². The molecule has 0 saturated carbocycles. The fourth-order valence-corrected chi connectivity index (χ4v) is 4.78. The van der Waals surface area contributed by atoms with Gasteiger partial charge in [-0.05, 0) is 29.5 Å². The van der Waals surface area contributed by atoms with Crippen LogP contribution in [0.1, 0.15) is 43.2 Å². The number of aromatic amines is 1. The lowest BCUT2D eigenvalue weighted by Gasteiger charge is -2.19. The van der Waals surface area contributed by atoms with Gasteiger partial charge in [0, 0.05) is 41.0 Å². The van der Waals surface area contributed by atoms with E-state index < -0.39 is 0 Å². The molecule has 2 aromatic carbocycles. The lowest BCUT2D eigenvalue weighted by atomic mass is 9.88. The van der Waals surface area contributed by atoms with Crippen molar-refractivity contribution in [3.05, 3.63) is 101 Å². The summed E-state index contributed by atoms with van der Waals surface area (Å²) in [6, 6.07) is 19.3. The first kappa shape index (κ1) is 28.9. The predicted octanol–water partition coefficient (Wildman–Crippen LogP) is 6.71. The molecular weight excluding hydrogens is 518 g/mol. The van der Waals surface area contributed by atoms with Crippen LogP contribution >= 0.6 is 11.6 Å². The lowest BCUT2D eigenvalue weighted by Crippen LogP contribution is -2.25. The second-order valence-electron chi connectivity index (χ2n) is 11.0. The molecule has 0 spiro atoms. The van der Waals surface area contributed by atoms with E-state index in [4.69, 9.17) is 11.6 Å². The predicted molar refractivity (Wildman–Crippen MR) is 164 cm³/mol. The van der Waals surface area contributed by atoms with Crippen molar-refractivity contribution in [2.45, 2.75) is 40.3 Å². The van der Waals surface area contributed by atoms with Crippen molar-refractivity contribution in [3.63, 3.8) is 0 Å². The molecule has 4 aromatic rings. The van der Waals surface area contributed by atoms with Gasteiger partial charge in [0.05, 0.1) is 25.0 Å². The van der Waals surface area contributed by atoms with Gasteiger partial charge in [-0.15, -0.1) is 0 Å². The number of nitrogens with zero attached hydrogens (tertiary/aromatic N) is 2. The Bertz CT molecular complexity index is 1520. The minimum absolute atomic E-state index is 0.174. The van der Waals surface area contributed by atoms with Crippen LogP contribution in [-0.2, 0) is 13.1 Å². The first-order valence-electron chi connectivity index (χ1n) is 13.4. The van der Waals surface area contributed by atoms with Crippen LogP contribution in [0.3, 0.4) is 0 Å². The number of hydrogen-bond donors (Lipinski definition) is 3. The molecule has 1 amide bonds. The number of halogens is 1. The number of hydrogen-bond acceptors (Lipinski definition) is 3. The van der Waals surface area contributed by atoms with Crippen molar-refractivity contribution >= 4 is 17.5 Å². The van der Waals surface area contributed by atoms with E-state index in [-0.39, 0.29) is 11.3 Å². The van der Waals surface area contributed by atoms with Crippen molar-refractivity contribution < 1.29 is 4.79 Å². The first-order chi connectivity index (χ1) is 19.2. The molecule has 206 valence electrons. The smallest absolute Gasteiger partial charge is 0.268 e.